The van der Waals surface area contributed by atoms with Crippen molar-refractivity contribution < 1.29 is 13.2 Å². The van der Waals surface area contributed by atoms with Crippen LogP contribution in [0.15, 0.2) is 28.0 Å². The van der Waals surface area contributed by atoms with Gasteiger partial charge in [-0.1, -0.05) is 26.7 Å². The number of benzene rings is 1. The highest BCUT2D eigenvalue weighted by Gasteiger charge is 2.26. The predicted octanol–water partition coefficient (Wildman–Crippen LogP) is 3.46. The molecule has 1 aliphatic rings. The van der Waals surface area contributed by atoms with E-state index in [0.29, 0.717) is 18.7 Å². The van der Waals surface area contributed by atoms with E-state index in [0.717, 1.165) is 43.7 Å². The second kappa shape index (κ2) is 9.05. The summed E-state index contributed by atoms with van der Waals surface area (Å²) in [7, 11) is -3.57. The highest BCUT2D eigenvalue weighted by Crippen LogP contribution is 2.27. The molecule has 0 bridgehead atoms. The monoisotopic (exact) mass is 384 g/mol. The fourth-order valence-corrected chi connectivity index (χ4v) is 5.23. The molecule has 1 heterocycles. The number of rotatable bonds is 6. The number of thioether (sulfide) groups is 1. The summed E-state index contributed by atoms with van der Waals surface area (Å²) < 4.78 is 27.0. The number of hydrogen-bond acceptors (Lipinski definition) is 4. The summed E-state index contributed by atoms with van der Waals surface area (Å²) in [6.07, 6.45) is 6.23. The number of amides is 1. The number of hydrogen-bond donors (Lipinski definition) is 0. The van der Waals surface area contributed by atoms with Crippen LogP contribution in [0.3, 0.4) is 0 Å². The van der Waals surface area contributed by atoms with Crippen molar-refractivity contribution in [1.29, 1.82) is 0 Å². The van der Waals surface area contributed by atoms with Crippen LogP contribution >= 0.6 is 11.8 Å². The second-order valence-corrected chi connectivity index (χ2v) is 8.94. The number of likely N-dealkylation sites (tertiary alicyclic amines) is 1. The molecule has 1 fully saturated rings. The fraction of sp³-hybridized carbons (Fsp3) is 0.611. The Labute approximate surface area is 155 Å². The largest absolute Gasteiger partial charge is 0.339 e. The van der Waals surface area contributed by atoms with E-state index in [2.05, 4.69) is 0 Å². The van der Waals surface area contributed by atoms with Crippen LogP contribution in [0.4, 0.5) is 0 Å². The molecule has 25 heavy (non-hydrogen) atoms. The molecule has 5 nitrogen and oxygen atoms in total. The second-order valence-electron chi connectivity index (χ2n) is 6.16. The van der Waals surface area contributed by atoms with Gasteiger partial charge in [0.25, 0.3) is 5.91 Å². The Hall–Kier alpha value is -1.05. The van der Waals surface area contributed by atoms with Crippen molar-refractivity contribution in [2.75, 3.05) is 32.4 Å². The van der Waals surface area contributed by atoms with Gasteiger partial charge in [0.1, 0.15) is 0 Å². The summed E-state index contributed by atoms with van der Waals surface area (Å²) in [5.41, 5.74) is 0.502. The molecule has 1 aromatic rings. The third-order valence-electron chi connectivity index (χ3n) is 4.64. The molecule has 0 N–H and O–H groups in total. The van der Waals surface area contributed by atoms with Crippen molar-refractivity contribution in [2.45, 2.75) is 49.3 Å². The van der Waals surface area contributed by atoms with Crippen molar-refractivity contribution in [3.05, 3.63) is 23.8 Å². The lowest BCUT2D eigenvalue weighted by Gasteiger charge is -2.23. The van der Waals surface area contributed by atoms with E-state index < -0.39 is 10.0 Å². The van der Waals surface area contributed by atoms with Gasteiger partial charge in [0.2, 0.25) is 10.0 Å². The zero-order chi connectivity index (χ0) is 18.4. The molecule has 2 rings (SSSR count). The molecule has 0 atom stereocenters. The molecule has 0 spiro atoms. The van der Waals surface area contributed by atoms with Crippen LogP contribution in [0.2, 0.25) is 0 Å². The van der Waals surface area contributed by atoms with E-state index in [1.54, 1.807) is 18.2 Å². The van der Waals surface area contributed by atoms with Gasteiger partial charge in [0.05, 0.1) is 10.5 Å². The average molecular weight is 385 g/mol. The van der Waals surface area contributed by atoms with E-state index in [-0.39, 0.29) is 10.8 Å². The molecule has 0 aromatic heterocycles. The Morgan fingerprint density at radius 3 is 2.24 bits per heavy atom. The molecule has 140 valence electrons. The normalized spacial score (nSPS) is 16.1. The predicted molar refractivity (Wildman–Crippen MR) is 103 cm³/mol. The summed E-state index contributed by atoms with van der Waals surface area (Å²) >= 11 is 1.48. The first-order valence-electron chi connectivity index (χ1n) is 8.93. The van der Waals surface area contributed by atoms with Crippen LogP contribution in [-0.4, -0.2) is 56.0 Å². The van der Waals surface area contributed by atoms with Crippen LogP contribution in [0.25, 0.3) is 0 Å². The molecule has 0 aliphatic carbocycles. The van der Waals surface area contributed by atoms with Gasteiger partial charge in [0, 0.05) is 31.1 Å². The smallest absolute Gasteiger partial charge is 0.255 e. The SMILES string of the molecule is CCN(CC)S(=O)(=O)c1ccc(SC)c(C(=O)N2CCCCCC2)c1. The topological polar surface area (TPSA) is 57.7 Å². The van der Waals surface area contributed by atoms with Gasteiger partial charge >= 0.3 is 0 Å². The van der Waals surface area contributed by atoms with Gasteiger partial charge in [0.15, 0.2) is 0 Å². The van der Waals surface area contributed by atoms with Crippen molar-refractivity contribution in [3.63, 3.8) is 0 Å². The van der Waals surface area contributed by atoms with Gasteiger partial charge in [-0.3, -0.25) is 4.79 Å². The van der Waals surface area contributed by atoms with Crippen LogP contribution in [0, 0.1) is 0 Å². The van der Waals surface area contributed by atoms with E-state index in [4.69, 9.17) is 0 Å². The lowest BCUT2D eigenvalue weighted by molar-refractivity contribution is 0.0758. The molecular formula is C18H28N2O3S2. The van der Waals surface area contributed by atoms with Crippen molar-refractivity contribution >= 4 is 27.7 Å². The molecule has 0 saturated carbocycles. The molecule has 1 aromatic carbocycles. The summed E-state index contributed by atoms with van der Waals surface area (Å²) in [5, 5.41) is 0. The Morgan fingerprint density at radius 2 is 1.72 bits per heavy atom. The summed E-state index contributed by atoms with van der Waals surface area (Å²) in [6.45, 7) is 5.97. The Morgan fingerprint density at radius 1 is 1.12 bits per heavy atom. The average Bonchev–Trinajstić information content (AvgIpc) is 2.90. The molecule has 1 saturated heterocycles. The lowest BCUT2D eigenvalue weighted by atomic mass is 10.2. The third-order valence-corrected chi connectivity index (χ3v) is 7.48. The summed E-state index contributed by atoms with van der Waals surface area (Å²) in [4.78, 5) is 15.9. The molecule has 1 amide bonds. The number of sulfonamides is 1. The zero-order valence-corrected chi connectivity index (χ0v) is 17.0. The minimum atomic E-state index is -3.57. The fourth-order valence-electron chi connectivity index (χ4n) is 3.17. The van der Waals surface area contributed by atoms with Gasteiger partial charge in [-0.2, -0.15) is 4.31 Å². The maximum atomic E-state index is 13.0. The Bertz CT molecular complexity index is 692. The van der Waals surface area contributed by atoms with Crippen LogP contribution < -0.4 is 0 Å². The van der Waals surface area contributed by atoms with Gasteiger partial charge in [-0.25, -0.2) is 8.42 Å². The van der Waals surface area contributed by atoms with Crippen molar-refractivity contribution in [3.8, 4) is 0 Å². The minimum absolute atomic E-state index is 0.0529. The first kappa shape index (κ1) is 20.3. The van der Waals surface area contributed by atoms with Crippen LogP contribution in [-0.2, 0) is 10.0 Å². The molecule has 0 unspecified atom stereocenters. The van der Waals surface area contributed by atoms with Crippen molar-refractivity contribution in [2.24, 2.45) is 0 Å². The quantitative estimate of drug-likeness (QED) is 0.705. The number of carbonyl (C=O) groups excluding carboxylic acids is 1. The maximum Gasteiger partial charge on any atom is 0.255 e. The van der Waals surface area contributed by atoms with E-state index in [9.17, 15) is 13.2 Å². The van der Waals surface area contributed by atoms with Gasteiger partial charge in [-0.05, 0) is 37.3 Å². The molecule has 0 radical (unpaired) electrons. The highest BCUT2D eigenvalue weighted by atomic mass is 32.2. The highest BCUT2D eigenvalue weighted by molar-refractivity contribution is 7.98. The first-order valence-corrected chi connectivity index (χ1v) is 11.6. The van der Waals surface area contributed by atoms with E-state index >= 15 is 0 Å². The minimum Gasteiger partial charge on any atom is -0.339 e. The standard InChI is InChI=1S/C18H28N2O3S2/c1-4-20(5-2)25(22,23)15-10-11-17(24-3)16(14-15)18(21)19-12-8-6-7-9-13-19/h10-11,14H,4-9,12-13H2,1-3H3. The summed E-state index contributed by atoms with van der Waals surface area (Å²) in [6, 6.07) is 4.93. The molecular weight excluding hydrogens is 356 g/mol. The van der Waals surface area contributed by atoms with Crippen molar-refractivity contribution in [1.82, 2.24) is 9.21 Å². The van der Waals surface area contributed by atoms with Crippen LogP contribution in [0.1, 0.15) is 49.9 Å². The summed E-state index contributed by atoms with van der Waals surface area (Å²) in [5.74, 6) is -0.0529. The Balaban J connectivity index is 2.41. The lowest BCUT2D eigenvalue weighted by Crippen LogP contribution is -2.33. The van der Waals surface area contributed by atoms with Crippen LogP contribution in [0.5, 0.6) is 0 Å². The van der Waals surface area contributed by atoms with E-state index in [1.165, 1.54) is 16.1 Å². The number of nitrogens with zero attached hydrogens (tertiary/aromatic N) is 2. The Kier molecular flexibility index (Phi) is 7.34. The van der Waals surface area contributed by atoms with Gasteiger partial charge in [-0.15, -0.1) is 11.8 Å². The zero-order valence-electron chi connectivity index (χ0n) is 15.3. The molecule has 1 aliphatic heterocycles. The molecule has 7 heteroatoms. The van der Waals surface area contributed by atoms with Gasteiger partial charge < -0.3 is 4.90 Å². The number of carbonyl (C=O) groups is 1. The van der Waals surface area contributed by atoms with E-state index in [1.807, 2.05) is 25.0 Å². The first-order chi connectivity index (χ1) is 12.0. The maximum absolute atomic E-state index is 13.0. The third kappa shape index (κ3) is 4.57.